The van der Waals surface area contributed by atoms with E-state index in [9.17, 15) is 9.59 Å². The van der Waals surface area contributed by atoms with Crippen molar-refractivity contribution in [2.24, 2.45) is 0 Å². The van der Waals surface area contributed by atoms with Crippen LogP contribution in [0.3, 0.4) is 0 Å². The van der Waals surface area contributed by atoms with Crippen LogP contribution in [0.1, 0.15) is 43.0 Å². The second kappa shape index (κ2) is 11.4. The van der Waals surface area contributed by atoms with Crippen LogP contribution in [0.5, 0.6) is 11.5 Å². The standard InChI is InChI=1S/C25H33N3O4/c1-4-5-6-7-24(29)26-20-8-10-21(11-9-20)27-12-14-28(15-13-27)25(30)19-16-22(31-2)18-23(17-19)32-3/h8-11,16-18H,4-7,12-15H2,1-3H3,(H,26,29). The number of ether oxygens (including phenoxy) is 2. The average molecular weight is 440 g/mol. The molecule has 0 spiro atoms. The Bertz CT molecular complexity index is 884. The van der Waals surface area contributed by atoms with E-state index in [0.717, 1.165) is 43.7 Å². The normalized spacial score (nSPS) is 13.6. The molecule has 2 aromatic rings. The van der Waals surface area contributed by atoms with Crippen molar-refractivity contribution in [1.82, 2.24) is 4.90 Å². The molecule has 0 saturated carbocycles. The molecular weight excluding hydrogens is 406 g/mol. The van der Waals surface area contributed by atoms with E-state index in [2.05, 4.69) is 17.1 Å². The largest absolute Gasteiger partial charge is 0.497 e. The van der Waals surface area contributed by atoms with Gasteiger partial charge in [-0.05, 0) is 42.8 Å². The van der Waals surface area contributed by atoms with E-state index in [1.807, 2.05) is 29.2 Å². The maximum absolute atomic E-state index is 13.0. The maximum atomic E-state index is 13.0. The molecule has 172 valence electrons. The number of nitrogens with one attached hydrogen (secondary N) is 1. The van der Waals surface area contributed by atoms with E-state index < -0.39 is 0 Å². The number of carbonyl (C=O) groups excluding carboxylic acids is 2. The molecule has 7 nitrogen and oxygen atoms in total. The van der Waals surface area contributed by atoms with Gasteiger partial charge in [-0.25, -0.2) is 0 Å². The first-order chi connectivity index (χ1) is 15.5. The van der Waals surface area contributed by atoms with Gasteiger partial charge in [0.2, 0.25) is 5.91 Å². The molecule has 1 N–H and O–H groups in total. The number of unbranched alkanes of at least 4 members (excludes halogenated alkanes) is 2. The molecule has 7 heteroatoms. The summed E-state index contributed by atoms with van der Waals surface area (Å²) in [5, 5.41) is 2.96. The number of benzene rings is 2. The highest BCUT2D eigenvalue weighted by atomic mass is 16.5. The molecule has 0 atom stereocenters. The minimum Gasteiger partial charge on any atom is -0.497 e. The quantitative estimate of drug-likeness (QED) is 0.594. The summed E-state index contributed by atoms with van der Waals surface area (Å²) in [6, 6.07) is 13.2. The summed E-state index contributed by atoms with van der Waals surface area (Å²) >= 11 is 0. The van der Waals surface area contributed by atoms with Gasteiger partial charge in [0, 0.05) is 55.6 Å². The summed E-state index contributed by atoms with van der Waals surface area (Å²) in [4.78, 5) is 29.1. The second-order valence-corrected chi connectivity index (χ2v) is 7.93. The Balaban J connectivity index is 1.54. The Labute approximate surface area is 190 Å². The van der Waals surface area contributed by atoms with Crippen molar-refractivity contribution >= 4 is 23.2 Å². The van der Waals surface area contributed by atoms with Gasteiger partial charge in [0.25, 0.3) is 5.91 Å². The van der Waals surface area contributed by atoms with Crippen LogP contribution in [0.15, 0.2) is 42.5 Å². The van der Waals surface area contributed by atoms with Gasteiger partial charge in [-0.15, -0.1) is 0 Å². The summed E-state index contributed by atoms with van der Waals surface area (Å²) in [5.74, 6) is 1.24. The summed E-state index contributed by atoms with van der Waals surface area (Å²) in [6.07, 6.45) is 3.66. The third-order valence-corrected chi connectivity index (χ3v) is 5.69. The van der Waals surface area contributed by atoms with E-state index in [1.165, 1.54) is 0 Å². The van der Waals surface area contributed by atoms with Crippen LogP contribution in [-0.2, 0) is 4.79 Å². The van der Waals surface area contributed by atoms with E-state index in [0.29, 0.717) is 36.6 Å². The maximum Gasteiger partial charge on any atom is 0.254 e. The fraction of sp³-hybridized carbons (Fsp3) is 0.440. The van der Waals surface area contributed by atoms with Gasteiger partial charge >= 0.3 is 0 Å². The van der Waals surface area contributed by atoms with E-state index in [-0.39, 0.29) is 11.8 Å². The van der Waals surface area contributed by atoms with Crippen LogP contribution in [0.2, 0.25) is 0 Å². The van der Waals surface area contributed by atoms with Crippen molar-refractivity contribution in [2.75, 3.05) is 50.6 Å². The van der Waals surface area contributed by atoms with Crippen molar-refractivity contribution in [2.45, 2.75) is 32.6 Å². The number of methoxy groups -OCH3 is 2. The highest BCUT2D eigenvalue weighted by Crippen LogP contribution is 2.25. The van der Waals surface area contributed by atoms with Crippen LogP contribution < -0.4 is 19.7 Å². The van der Waals surface area contributed by atoms with Crippen LogP contribution in [-0.4, -0.2) is 57.1 Å². The van der Waals surface area contributed by atoms with Gasteiger partial charge in [0.05, 0.1) is 14.2 Å². The van der Waals surface area contributed by atoms with Gasteiger partial charge in [0.15, 0.2) is 0 Å². The van der Waals surface area contributed by atoms with Crippen molar-refractivity contribution < 1.29 is 19.1 Å². The van der Waals surface area contributed by atoms with Crippen LogP contribution >= 0.6 is 0 Å². The summed E-state index contributed by atoms with van der Waals surface area (Å²) in [6.45, 7) is 4.88. The Hall–Kier alpha value is -3.22. The highest BCUT2D eigenvalue weighted by Gasteiger charge is 2.23. The number of carbonyl (C=O) groups is 2. The molecule has 1 aliphatic rings. The average Bonchev–Trinajstić information content (AvgIpc) is 2.84. The second-order valence-electron chi connectivity index (χ2n) is 7.93. The highest BCUT2D eigenvalue weighted by molar-refractivity contribution is 5.95. The monoisotopic (exact) mass is 439 g/mol. The van der Waals surface area contributed by atoms with Gasteiger partial charge in [-0.2, -0.15) is 0 Å². The third-order valence-electron chi connectivity index (χ3n) is 5.69. The Morgan fingerprint density at radius 2 is 1.53 bits per heavy atom. The van der Waals surface area contributed by atoms with Crippen LogP contribution in [0, 0.1) is 0 Å². The van der Waals surface area contributed by atoms with E-state index in [4.69, 9.17) is 9.47 Å². The van der Waals surface area contributed by atoms with Crippen molar-refractivity contribution in [1.29, 1.82) is 0 Å². The van der Waals surface area contributed by atoms with E-state index in [1.54, 1.807) is 32.4 Å². The van der Waals surface area contributed by atoms with Crippen molar-refractivity contribution in [3.8, 4) is 11.5 Å². The van der Waals surface area contributed by atoms with Gasteiger partial charge in [0.1, 0.15) is 11.5 Å². The van der Waals surface area contributed by atoms with E-state index >= 15 is 0 Å². The smallest absolute Gasteiger partial charge is 0.254 e. The molecule has 1 aliphatic heterocycles. The number of anilines is 2. The number of nitrogens with zero attached hydrogens (tertiary/aromatic N) is 2. The summed E-state index contributed by atoms with van der Waals surface area (Å²) < 4.78 is 10.6. The number of amides is 2. The van der Waals surface area contributed by atoms with Crippen LogP contribution in [0.25, 0.3) is 0 Å². The Morgan fingerprint density at radius 3 is 2.09 bits per heavy atom. The zero-order valence-corrected chi connectivity index (χ0v) is 19.2. The third kappa shape index (κ3) is 6.15. The Kier molecular flexibility index (Phi) is 8.36. The summed E-state index contributed by atoms with van der Waals surface area (Å²) in [5.41, 5.74) is 2.47. The lowest BCUT2D eigenvalue weighted by Gasteiger charge is -2.36. The zero-order chi connectivity index (χ0) is 22.9. The SMILES string of the molecule is CCCCCC(=O)Nc1ccc(N2CCN(C(=O)c3cc(OC)cc(OC)c3)CC2)cc1. The topological polar surface area (TPSA) is 71.1 Å². The van der Waals surface area contributed by atoms with Gasteiger partial charge in [-0.3, -0.25) is 9.59 Å². The molecule has 0 bridgehead atoms. The fourth-order valence-corrected chi connectivity index (χ4v) is 3.80. The first-order valence-corrected chi connectivity index (χ1v) is 11.2. The molecular formula is C25H33N3O4. The number of hydrogen-bond donors (Lipinski definition) is 1. The minimum atomic E-state index is -0.0250. The number of piperazine rings is 1. The molecule has 0 radical (unpaired) electrons. The minimum absolute atomic E-state index is 0.0250. The first kappa shape index (κ1) is 23.4. The van der Waals surface area contributed by atoms with Gasteiger partial charge in [-0.1, -0.05) is 19.8 Å². The molecule has 1 fully saturated rings. The molecule has 2 amide bonds. The van der Waals surface area contributed by atoms with Crippen molar-refractivity contribution in [3.63, 3.8) is 0 Å². The molecule has 0 unspecified atom stereocenters. The predicted molar refractivity (Wildman–Crippen MR) is 127 cm³/mol. The predicted octanol–water partition coefficient (Wildman–Crippen LogP) is 4.19. The molecule has 1 saturated heterocycles. The zero-order valence-electron chi connectivity index (χ0n) is 19.2. The lowest BCUT2D eigenvalue weighted by Crippen LogP contribution is -2.48. The van der Waals surface area contributed by atoms with Gasteiger partial charge < -0.3 is 24.6 Å². The van der Waals surface area contributed by atoms with Crippen LogP contribution in [0.4, 0.5) is 11.4 Å². The lowest BCUT2D eigenvalue weighted by molar-refractivity contribution is -0.116. The molecule has 3 rings (SSSR count). The molecule has 1 heterocycles. The molecule has 2 aromatic carbocycles. The fourth-order valence-electron chi connectivity index (χ4n) is 3.80. The first-order valence-electron chi connectivity index (χ1n) is 11.2. The molecule has 32 heavy (non-hydrogen) atoms. The molecule has 0 aromatic heterocycles. The number of rotatable bonds is 9. The Morgan fingerprint density at radius 1 is 0.906 bits per heavy atom. The molecule has 0 aliphatic carbocycles. The summed E-state index contributed by atoms with van der Waals surface area (Å²) in [7, 11) is 3.15. The number of hydrogen-bond acceptors (Lipinski definition) is 5. The van der Waals surface area contributed by atoms with Crippen molar-refractivity contribution in [3.05, 3.63) is 48.0 Å². The lowest BCUT2D eigenvalue weighted by atomic mass is 10.1.